The molecule has 9 heteroatoms. The molecule has 1 N–H and O–H groups in total. The van der Waals surface area contributed by atoms with Crippen molar-refractivity contribution in [3.05, 3.63) is 77.6 Å². The quantitative estimate of drug-likeness (QED) is 0.227. The number of carbonyl (C=O) groups is 2. The number of hydrogen-bond acceptors (Lipinski definition) is 7. The van der Waals surface area contributed by atoms with Crippen molar-refractivity contribution in [2.75, 3.05) is 45.3 Å². The first kappa shape index (κ1) is 36.1. The van der Waals surface area contributed by atoms with E-state index in [-0.39, 0.29) is 23.9 Å². The third kappa shape index (κ3) is 9.71. The van der Waals surface area contributed by atoms with Gasteiger partial charge in [-0.05, 0) is 74.5 Å². The van der Waals surface area contributed by atoms with Crippen LogP contribution in [0.4, 0.5) is 10.1 Å². The van der Waals surface area contributed by atoms with Crippen molar-refractivity contribution in [3.8, 4) is 22.6 Å². The van der Waals surface area contributed by atoms with Crippen molar-refractivity contribution in [2.24, 2.45) is 0 Å². The number of morpholine rings is 1. The Kier molecular flexibility index (Phi) is 14.1. The highest BCUT2D eigenvalue weighted by molar-refractivity contribution is 5.89. The lowest BCUT2D eigenvalue weighted by Gasteiger charge is -2.41. The van der Waals surface area contributed by atoms with Crippen LogP contribution < -0.4 is 14.4 Å². The molecule has 1 heterocycles. The van der Waals surface area contributed by atoms with Crippen LogP contribution in [0.15, 0.2) is 60.7 Å². The molecule has 1 saturated heterocycles. The number of rotatable bonds is 11. The number of carboxylic acids is 1. The van der Waals surface area contributed by atoms with Crippen molar-refractivity contribution in [1.29, 1.82) is 0 Å². The highest BCUT2D eigenvalue weighted by Gasteiger charge is 2.37. The maximum Gasteiger partial charge on any atom is 0.335 e. The van der Waals surface area contributed by atoms with Gasteiger partial charge in [0.1, 0.15) is 29.5 Å². The summed E-state index contributed by atoms with van der Waals surface area (Å²) in [7, 11) is 3.59. The summed E-state index contributed by atoms with van der Waals surface area (Å²) in [6.45, 7) is 14.0. The average molecular weight is 611 g/mol. The predicted octanol–water partition coefficient (Wildman–Crippen LogP) is 7.29. The Morgan fingerprint density at radius 1 is 1.07 bits per heavy atom. The molecule has 3 aromatic rings. The fourth-order valence-electron chi connectivity index (χ4n) is 4.99. The van der Waals surface area contributed by atoms with Gasteiger partial charge in [0.15, 0.2) is 0 Å². The Bertz CT molecular complexity index is 1360. The number of anilines is 1. The lowest BCUT2D eigenvalue weighted by atomic mass is 9.98. The Balaban J connectivity index is 0.00000162. The zero-order valence-corrected chi connectivity index (χ0v) is 27.3. The number of cyclic esters (lactones) is 1. The number of aromatic carboxylic acids is 1. The van der Waals surface area contributed by atoms with Crippen LogP contribution in [0.1, 0.15) is 63.9 Å². The van der Waals surface area contributed by atoms with Crippen LogP contribution in [0.3, 0.4) is 0 Å². The molecule has 0 bridgehead atoms. The topological polar surface area (TPSA) is 88.5 Å². The first-order valence-corrected chi connectivity index (χ1v) is 15.2. The molecule has 44 heavy (non-hydrogen) atoms. The summed E-state index contributed by atoms with van der Waals surface area (Å²) in [6.07, 6.45) is 0.577. The number of esters is 1. The monoisotopic (exact) mass is 610 g/mol. The summed E-state index contributed by atoms with van der Waals surface area (Å²) in [5, 5.41) is 9.35. The van der Waals surface area contributed by atoms with Crippen LogP contribution in [0.2, 0.25) is 0 Å². The average Bonchev–Trinajstić information content (AvgIpc) is 3.02. The fraction of sp³-hybridized carbons (Fsp3) is 0.429. The van der Waals surface area contributed by atoms with E-state index in [4.69, 9.17) is 14.2 Å². The maximum absolute atomic E-state index is 13.5. The number of benzene rings is 3. The van der Waals surface area contributed by atoms with Crippen LogP contribution in [-0.2, 0) is 16.1 Å². The molecule has 8 nitrogen and oxygen atoms in total. The van der Waals surface area contributed by atoms with E-state index in [9.17, 15) is 19.1 Å². The summed E-state index contributed by atoms with van der Waals surface area (Å²) in [5.41, 5.74) is 2.64. The summed E-state index contributed by atoms with van der Waals surface area (Å²) in [4.78, 5) is 27.9. The molecular formula is C35H47FN2O6. The first-order chi connectivity index (χ1) is 21.1. The van der Waals surface area contributed by atoms with Crippen molar-refractivity contribution >= 4 is 17.6 Å². The molecule has 1 aliphatic rings. The summed E-state index contributed by atoms with van der Waals surface area (Å²) in [5.74, 6) is -0.383. The molecule has 0 spiro atoms. The second-order valence-corrected chi connectivity index (χ2v) is 10.2. The van der Waals surface area contributed by atoms with Crippen LogP contribution in [0, 0.1) is 5.82 Å². The van der Waals surface area contributed by atoms with E-state index in [2.05, 4.69) is 4.90 Å². The number of ether oxygens (including phenoxy) is 3. The minimum Gasteiger partial charge on any atom is -0.496 e. The van der Waals surface area contributed by atoms with Gasteiger partial charge < -0.3 is 29.1 Å². The SMILES string of the molecule is CC.CC.CCOc1cc(CN(C)CCC2(C)CN(c3cccc(C(=O)O)c3)CC(=O)O2)cc(OC)c1-c1ccc(F)cc1. The van der Waals surface area contributed by atoms with Crippen LogP contribution in [0.25, 0.3) is 11.1 Å². The van der Waals surface area contributed by atoms with Gasteiger partial charge in [0.2, 0.25) is 0 Å². The van der Waals surface area contributed by atoms with Crippen LogP contribution >= 0.6 is 0 Å². The Hall–Kier alpha value is -4.11. The predicted molar refractivity (Wildman–Crippen MR) is 173 cm³/mol. The number of methoxy groups -OCH3 is 1. The summed E-state index contributed by atoms with van der Waals surface area (Å²) < 4.78 is 31.0. The molecule has 1 aliphatic heterocycles. The second kappa shape index (κ2) is 17.3. The van der Waals surface area contributed by atoms with Gasteiger partial charge in [-0.25, -0.2) is 9.18 Å². The third-order valence-electron chi connectivity index (χ3n) is 6.92. The summed E-state index contributed by atoms with van der Waals surface area (Å²) >= 11 is 0. The number of carbonyl (C=O) groups excluding carboxylic acids is 1. The van der Waals surface area contributed by atoms with Gasteiger partial charge in [0.05, 0.1) is 31.4 Å². The number of hydrogen-bond donors (Lipinski definition) is 1. The molecular weight excluding hydrogens is 563 g/mol. The molecule has 1 atom stereocenters. The van der Waals surface area contributed by atoms with Gasteiger partial charge in [0, 0.05) is 25.2 Å². The molecule has 4 rings (SSSR count). The maximum atomic E-state index is 13.5. The molecule has 3 aromatic carbocycles. The van der Waals surface area contributed by atoms with Crippen LogP contribution in [0.5, 0.6) is 11.5 Å². The van der Waals surface area contributed by atoms with Gasteiger partial charge in [-0.2, -0.15) is 0 Å². The van der Waals surface area contributed by atoms with Gasteiger partial charge in [-0.3, -0.25) is 4.79 Å². The summed E-state index contributed by atoms with van der Waals surface area (Å²) in [6, 6.07) is 16.7. The molecule has 0 aliphatic carbocycles. The lowest BCUT2D eigenvalue weighted by Crippen LogP contribution is -2.53. The lowest BCUT2D eigenvalue weighted by molar-refractivity contribution is -0.160. The largest absolute Gasteiger partial charge is 0.496 e. The molecule has 0 radical (unpaired) electrons. The number of carboxylic acid groups (broad SMARTS) is 1. The van der Waals surface area contributed by atoms with Crippen molar-refractivity contribution in [1.82, 2.24) is 4.90 Å². The molecule has 1 fully saturated rings. The van der Waals surface area contributed by atoms with E-state index in [1.54, 1.807) is 37.4 Å². The van der Waals surface area contributed by atoms with Gasteiger partial charge in [-0.1, -0.05) is 45.9 Å². The second-order valence-electron chi connectivity index (χ2n) is 10.2. The minimum atomic E-state index is -1.01. The van der Waals surface area contributed by atoms with E-state index in [0.717, 1.165) is 16.7 Å². The fourth-order valence-corrected chi connectivity index (χ4v) is 4.99. The Morgan fingerprint density at radius 3 is 2.34 bits per heavy atom. The third-order valence-corrected chi connectivity index (χ3v) is 6.92. The van der Waals surface area contributed by atoms with Crippen LogP contribution in [-0.4, -0.2) is 67.9 Å². The van der Waals surface area contributed by atoms with E-state index < -0.39 is 11.6 Å². The van der Waals surface area contributed by atoms with Crippen molar-refractivity contribution in [3.63, 3.8) is 0 Å². The van der Waals surface area contributed by atoms with E-state index in [1.807, 2.05) is 65.6 Å². The highest BCUT2D eigenvalue weighted by atomic mass is 19.1. The van der Waals surface area contributed by atoms with E-state index >= 15 is 0 Å². The first-order valence-electron chi connectivity index (χ1n) is 15.2. The Morgan fingerprint density at radius 2 is 1.73 bits per heavy atom. The zero-order chi connectivity index (χ0) is 32.9. The zero-order valence-electron chi connectivity index (χ0n) is 27.3. The van der Waals surface area contributed by atoms with Gasteiger partial charge >= 0.3 is 11.9 Å². The standard InChI is InChI=1S/C31H35FN2O6.2C2H6/c1-5-39-27-16-21(15-26(38-4)29(27)22-9-11-24(32)12-10-22)18-33(3)14-13-31(2)20-34(19-28(35)40-31)25-8-6-7-23(17-25)30(36)37;2*1-2/h6-12,15-17H,5,13-14,18-20H2,1-4H3,(H,36,37);2*1-2H3. The molecule has 0 saturated carbocycles. The van der Waals surface area contributed by atoms with Gasteiger partial charge in [0.25, 0.3) is 0 Å². The van der Waals surface area contributed by atoms with Crippen molar-refractivity contribution < 1.29 is 33.3 Å². The number of halogens is 1. The van der Waals surface area contributed by atoms with E-state index in [0.29, 0.717) is 49.8 Å². The molecule has 240 valence electrons. The highest BCUT2D eigenvalue weighted by Crippen LogP contribution is 2.40. The molecule has 1 unspecified atom stereocenters. The molecule has 0 amide bonds. The van der Waals surface area contributed by atoms with Gasteiger partial charge in [-0.15, -0.1) is 0 Å². The minimum absolute atomic E-state index is 0.0644. The number of nitrogens with zero attached hydrogens (tertiary/aromatic N) is 2. The van der Waals surface area contributed by atoms with Crippen molar-refractivity contribution in [2.45, 2.75) is 60.1 Å². The normalized spacial score (nSPS) is 15.8. The van der Waals surface area contributed by atoms with E-state index in [1.165, 1.54) is 18.2 Å². The smallest absolute Gasteiger partial charge is 0.335 e. The molecule has 0 aromatic heterocycles. The Labute approximate surface area is 261 Å².